The summed E-state index contributed by atoms with van der Waals surface area (Å²) in [5.74, 6) is 0.483. The van der Waals surface area contributed by atoms with Crippen LogP contribution in [0.2, 0.25) is 0 Å². The lowest BCUT2D eigenvalue weighted by Crippen LogP contribution is -2.19. The van der Waals surface area contributed by atoms with E-state index in [2.05, 4.69) is 15.5 Å². The molecule has 1 aliphatic heterocycles. The third kappa shape index (κ3) is 5.36. The Bertz CT molecular complexity index is 1200. The first-order valence-electron chi connectivity index (χ1n) is 10.2. The second-order valence-electron chi connectivity index (χ2n) is 7.84. The number of anilines is 1. The molecule has 0 radical (unpaired) electrons. The number of hydrogen-bond donors (Lipinski definition) is 1. The van der Waals surface area contributed by atoms with Crippen LogP contribution in [0.3, 0.4) is 0 Å². The average molecular weight is 475 g/mol. The number of carbonyl (C=O) groups is 1. The van der Waals surface area contributed by atoms with Gasteiger partial charge >= 0.3 is 0 Å². The van der Waals surface area contributed by atoms with Gasteiger partial charge in [0.15, 0.2) is 15.0 Å². The summed E-state index contributed by atoms with van der Waals surface area (Å²) in [6, 6.07) is 14.9. The molecule has 3 aromatic rings. The predicted octanol–water partition coefficient (Wildman–Crippen LogP) is 3.40. The molecular weight excluding hydrogens is 451 g/mol. The third-order valence-electron chi connectivity index (χ3n) is 5.40. The van der Waals surface area contributed by atoms with Gasteiger partial charge in [0.2, 0.25) is 5.91 Å². The maximum absolute atomic E-state index is 13.2. The number of sulfone groups is 1. The first kappa shape index (κ1) is 22.5. The van der Waals surface area contributed by atoms with Crippen LogP contribution in [0.5, 0.6) is 0 Å². The Morgan fingerprint density at radius 3 is 2.56 bits per heavy atom. The van der Waals surface area contributed by atoms with E-state index < -0.39 is 15.1 Å². The molecule has 2 aromatic carbocycles. The largest absolute Gasteiger partial charge is 0.325 e. The van der Waals surface area contributed by atoms with Crippen LogP contribution in [0.15, 0.2) is 59.8 Å². The van der Waals surface area contributed by atoms with Crippen LogP contribution in [0.4, 0.5) is 10.1 Å². The zero-order chi connectivity index (χ0) is 22.7. The Morgan fingerprint density at radius 2 is 1.91 bits per heavy atom. The summed E-state index contributed by atoms with van der Waals surface area (Å²) < 4.78 is 38.5. The minimum Gasteiger partial charge on any atom is -0.325 e. The lowest BCUT2D eigenvalue weighted by atomic mass is 10.1. The summed E-state index contributed by atoms with van der Waals surface area (Å²) in [6.07, 6.45) is 1.16. The number of aromatic nitrogens is 3. The summed E-state index contributed by atoms with van der Waals surface area (Å²) in [5, 5.41) is 11.3. The minimum atomic E-state index is -2.96. The fourth-order valence-corrected chi connectivity index (χ4v) is 6.55. The van der Waals surface area contributed by atoms with Gasteiger partial charge in [0.1, 0.15) is 16.9 Å². The molecule has 0 unspecified atom stereocenters. The number of rotatable bonds is 7. The lowest BCUT2D eigenvalue weighted by Gasteiger charge is -2.17. The quantitative estimate of drug-likeness (QED) is 0.528. The molecule has 2 atom stereocenters. The van der Waals surface area contributed by atoms with Crippen molar-refractivity contribution in [3.63, 3.8) is 0 Å². The number of nitrogens with one attached hydrogen (secondary N) is 1. The molecule has 0 spiro atoms. The SMILES string of the molecule is Cn1c(C[C@H]2CCS(=O)(=O)C2)nnc1S[C@@H](C(=O)Nc1ccc(F)cc1)c1ccccc1. The zero-order valence-electron chi connectivity index (χ0n) is 17.4. The van der Waals surface area contributed by atoms with Gasteiger partial charge in [-0.2, -0.15) is 0 Å². The number of carbonyl (C=O) groups excluding carboxylic acids is 1. The number of hydrogen-bond acceptors (Lipinski definition) is 6. The fraction of sp³-hybridized carbons (Fsp3) is 0.318. The van der Waals surface area contributed by atoms with Crippen molar-refractivity contribution in [3.8, 4) is 0 Å². The van der Waals surface area contributed by atoms with Crippen LogP contribution in [-0.2, 0) is 28.1 Å². The van der Waals surface area contributed by atoms with Crippen molar-refractivity contribution in [3.05, 3.63) is 71.8 Å². The third-order valence-corrected chi connectivity index (χ3v) is 8.52. The molecule has 7 nitrogen and oxygen atoms in total. The Balaban J connectivity index is 1.53. The molecule has 32 heavy (non-hydrogen) atoms. The van der Waals surface area contributed by atoms with Gasteiger partial charge < -0.3 is 9.88 Å². The van der Waals surface area contributed by atoms with Gasteiger partial charge in [-0.3, -0.25) is 4.79 Å². The Labute approximate surface area is 190 Å². The molecule has 1 aromatic heterocycles. The monoisotopic (exact) mass is 474 g/mol. The molecule has 1 fully saturated rings. The zero-order valence-corrected chi connectivity index (χ0v) is 19.1. The summed E-state index contributed by atoms with van der Waals surface area (Å²) in [7, 11) is -1.14. The van der Waals surface area contributed by atoms with Crippen molar-refractivity contribution in [1.29, 1.82) is 0 Å². The normalized spacial score (nSPS) is 18.4. The fourth-order valence-electron chi connectivity index (χ4n) is 3.66. The lowest BCUT2D eigenvalue weighted by molar-refractivity contribution is -0.115. The van der Waals surface area contributed by atoms with E-state index in [0.717, 1.165) is 5.56 Å². The summed E-state index contributed by atoms with van der Waals surface area (Å²) >= 11 is 1.26. The Hall–Kier alpha value is -2.72. The van der Waals surface area contributed by atoms with E-state index >= 15 is 0 Å². The van der Waals surface area contributed by atoms with Crippen LogP contribution in [0.25, 0.3) is 0 Å². The number of benzene rings is 2. The van der Waals surface area contributed by atoms with E-state index in [1.165, 1.54) is 36.0 Å². The van der Waals surface area contributed by atoms with Crippen molar-refractivity contribution >= 4 is 33.2 Å². The standard InChI is InChI=1S/C22H23FN4O3S2/c1-27-19(13-15-11-12-32(29,30)14-15)25-26-22(27)31-20(16-5-3-2-4-6-16)21(28)24-18-9-7-17(23)8-10-18/h2-10,15,20H,11-14H2,1H3,(H,24,28)/t15-,20-/m1/s1. The van der Waals surface area contributed by atoms with E-state index in [4.69, 9.17) is 0 Å². The van der Waals surface area contributed by atoms with Gasteiger partial charge in [-0.25, -0.2) is 12.8 Å². The maximum Gasteiger partial charge on any atom is 0.242 e. The summed E-state index contributed by atoms with van der Waals surface area (Å²) in [4.78, 5) is 13.1. The van der Waals surface area contributed by atoms with Crippen molar-refractivity contribution in [2.45, 2.75) is 23.2 Å². The Morgan fingerprint density at radius 1 is 1.19 bits per heavy atom. The van der Waals surface area contributed by atoms with Gasteiger partial charge in [0.25, 0.3) is 0 Å². The molecule has 1 amide bonds. The molecule has 2 heterocycles. The molecular formula is C22H23FN4O3S2. The average Bonchev–Trinajstić information content (AvgIpc) is 3.30. The van der Waals surface area contributed by atoms with E-state index in [-0.39, 0.29) is 29.1 Å². The molecule has 168 valence electrons. The molecule has 0 saturated carbocycles. The van der Waals surface area contributed by atoms with Gasteiger partial charge in [0, 0.05) is 19.2 Å². The first-order chi connectivity index (χ1) is 15.3. The van der Waals surface area contributed by atoms with Crippen molar-refractivity contribution in [1.82, 2.24) is 14.8 Å². The predicted molar refractivity (Wildman–Crippen MR) is 122 cm³/mol. The first-order valence-corrected chi connectivity index (χ1v) is 12.9. The van der Waals surface area contributed by atoms with Gasteiger partial charge in [-0.1, -0.05) is 42.1 Å². The van der Waals surface area contributed by atoms with Crippen molar-refractivity contribution in [2.24, 2.45) is 13.0 Å². The molecule has 10 heteroatoms. The van der Waals surface area contributed by atoms with Crippen molar-refractivity contribution in [2.75, 3.05) is 16.8 Å². The van der Waals surface area contributed by atoms with E-state index in [0.29, 0.717) is 29.5 Å². The van der Waals surface area contributed by atoms with E-state index in [1.54, 1.807) is 0 Å². The summed E-state index contributed by atoms with van der Waals surface area (Å²) in [6.45, 7) is 0. The van der Waals surface area contributed by atoms with E-state index in [1.807, 2.05) is 41.9 Å². The number of nitrogens with zero attached hydrogens (tertiary/aromatic N) is 3. The highest BCUT2D eigenvalue weighted by Gasteiger charge is 2.30. The molecule has 0 bridgehead atoms. The second-order valence-corrected chi connectivity index (χ2v) is 11.1. The highest BCUT2D eigenvalue weighted by atomic mass is 32.2. The highest BCUT2D eigenvalue weighted by molar-refractivity contribution is 8.00. The topological polar surface area (TPSA) is 93.9 Å². The van der Waals surface area contributed by atoms with Crippen LogP contribution >= 0.6 is 11.8 Å². The molecule has 0 aliphatic carbocycles. The van der Waals surface area contributed by atoms with Crippen LogP contribution in [0, 0.1) is 11.7 Å². The maximum atomic E-state index is 13.2. The second kappa shape index (κ2) is 9.41. The smallest absolute Gasteiger partial charge is 0.242 e. The highest BCUT2D eigenvalue weighted by Crippen LogP contribution is 2.35. The van der Waals surface area contributed by atoms with Crippen LogP contribution in [0.1, 0.15) is 23.1 Å². The molecule has 1 saturated heterocycles. The molecule has 4 rings (SSSR count). The number of halogens is 1. The molecule has 1 N–H and O–H groups in total. The minimum absolute atomic E-state index is 0.0347. The van der Waals surface area contributed by atoms with Crippen LogP contribution < -0.4 is 5.32 Å². The van der Waals surface area contributed by atoms with Gasteiger partial charge in [-0.05, 0) is 42.2 Å². The molecule has 1 aliphatic rings. The van der Waals surface area contributed by atoms with Gasteiger partial charge in [0.05, 0.1) is 11.5 Å². The van der Waals surface area contributed by atoms with Crippen molar-refractivity contribution < 1.29 is 17.6 Å². The van der Waals surface area contributed by atoms with E-state index in [9.17, 15) is 17.6 Å². The Kier molecular flexibility index (Phi) is 6.61. The number of thioether (sulfide) groups is 1. The number of amides is 1. The van der Waals surface area contributed by atoms with Crippen LogP contribution in [-0.4, -0.2) is 40.6 Å². The summed E-state index contributed by atoms with van der Waals surface area (Å²) in [5.41, 5.74) is 1.29. The van der Waals surface area contributed by atoms with Gasteiger partial charge in [-0.15, -0.1) is 10.2 Å².